The van der Waals surface area contributed by atoms with Crippen molar-refractivity contribution in [1.82, 2.24) is 14.8 Å². The van der Waals surface area contributed by atoms with Gasteiger partial charge >= 0.3 is 6.72 Å². The van der Waals surface area contributed by atoms with Gasteiger partial charge < -0.3 is 9.15 Å². The lowest BCUT2D eigenvalue weighted by Gasteiger charge is -2.19. The van der Waals surface area contributed by atoms with E-state index in [2.05, 4.69) is 15.2 Å². The van der Waals surface area contributed by atoms with Crippen molar-refractivity contribution in [3.63, 3.8) is 0 Å². The minimum absolute atomic E-state index is 0.276. The summed E-state index contributed by atoms with van der Waals surface area (Å²) in [5.74, 6) is -0.0406. The first-order valence-corrected chi connectivity index (χ1v) is 11.0. The highest BCUT2D eigenvalue weighted by atomic mass is 32.5. The fourth-order valence-electron chi connectivity index (χ4n) is 2.22. The molecule has 0 saturated carbocycles. The number of halogens is 1. The molecular weight excluding hydrogens is 402 g/mol. The van der Waals surface area contributed by atoms with Gasteiger partial charge in [0.2, 0.25) is 0 Å². The molecule has 7 nitrogen and oxygen atoms in total. The van der Waals surface area contributed by atoms with Crippen LogP contribution in [0.1, 0.15) is 12.5 Å². The van der Waals surface area contributed by atoms with E-state index in [4.69, 9.17) is 25.5 Å². The van der Waals surface area contributed by atoms with Crippen LogP contribution in [-0.2, 0) is 27.5 Å². The maximum atomic E-state index is 13.1. The minimum Gasteiger partial charge on any atom is -0.415 e. The number of benzene rings is 2. The van der Waals surface area contributed by atoms with Gasteiger partial charge in [-0.2, -0.15) is 5.10 Å². The molecule has 1 unspecified atom stereocenters. The van der Waals surface area contributed by atoms with Crippen molar-refractivity contribution in [1.29, 1.82) is 0 Å². The number of aromatic nitrogens is 3. The zero-order chi connectivity index (χ0) is 19.8. The van der Waals surface area contributed by atoms with Crippen LogP contribution in [0.3, 0.4) is 0 Å². The van der Waals surface area contributed by atoms with Crippen molar-refractivity contribution in [3.8, 4) is 5.75 Å². The zero-order valence-corrected chi connectivity index (χ0v) is 16.7. The number of rotatable bonds is 9. The lowest BCUT2D eigenvalue weighted by molar-refractivity contribution is 0.216. The van der Waals surface area contributed by atoms with Crippen molar-refractivity contribution in [2.24, 2.45) is 5.16 Å². The summed E-state index contributed by atoms with van der Waals surface area (Å²) in [5, 5.41) is 8.31. The van der Waals surface area contributed by atoms with Crippen molar-refractivity contribution >= 4 is 24.2 Å². The second kappa shape index (κ2) is 9.54. The van der Waals surface area contributed by atoms with Crippen LogP contribution in [-0.4, -0.2) is 27.1 Å². The second-order valence-electron chi connectivity index (χ2n) is 5.49. The number of hydrogen-bond donors (Lipinski definition) is 0. The monoisotopic (exact) mass is 420 g/mol. The fraction of sp³-hybridized carbons (Fsp3) is 0.167. The van der Waals surface area contributed by atoms with Gasteiger partial charge in [-0.05, 0) is 31.2 Å². The first-order chi connectivity index (χ1) is 13.6. The number of nitrogens with zero attached hydrogens (tertiary/aromatic N) is 4. The molecule has 10 heteroatoms. The Hall–Kier alpha value is -2.61. The summed E-state index contributed by atoms with van der Waals surface area (Å²) in [6.07, 6.45) is 3.01. The molecule has 3 rings (SSSR count). The van der Waals surface area contributed by atoms with E-state index in [9.17, 15) is 4.39 Å². The van der Waals surface area contributed by atoms with Gasteiger partial charge in [0.05, 0.1) is 13.2 Å². The third-order valence-corrected chi connectivity index (χ3v) is 5.48. The molecule has 0 aliphatic rings. The molecule has 0 spiro atoms. The van der Waals surface area contributed by atoms with E-state index in [0.29, 0.717) is 18.0 Å². The lowest BCUT2D eigenvalue weighted by Crippen LogP contribution is -2.13. The van der Waals surface area contributed by atoms with Crippen LogP contribution in [0.2, 0.25) is 0 Å². The molecule has 0 amide bonds. The molecule has 0 radical (unpaired) electrons. The molecule has 0 fully saturated rings. The molecular formula is C18H18FN4O3PS. The first kappa shape index (κ1) is 20.1. The molecule has 28 heavy (non-hydrogen) atoms. The van der Waals surface area contributed by atoms with E-state index in [1.807, 2.05) is 30.3 Å². The third kappa shape index (κ3) is 5.69. The summed E-state index contributed by atoms with van der Waals surface area (Å²) in [4.78, 5) is 3.93. The minimum atomic E-state index is -3.24. The Balaban J connectivity index is 1.84. The smallest absolute Gasteiger partial charge is 0.415 e. The SMILES string of the molecule is CCOP(=S)(O/N=C(\Cn1cncn1)c1ccccc1)Oc1ccc(F)cc1. The molecule has 146 valence electrons. The highest BCUT2D eigenvalue weighted by Gasteiger charge is 2.24. The normalized spacial score (nSPS) is 13.7. The Morgan fingerprint density at radius 3 is 2.57 bits per heavy atom. The maximum Gasteiger partial charge on any atom is 0.455 e. The maximum absolute atomic E-state index is 13.1. The Bertz CT molecular complexity index is 953. The highest BCUT2D eigenvalue weighted by molar-refractivity contribution is 8.07. The average molecular weight is 420 g/mol. The summed E-state index contributed by atoms with van der Waals surface area (Å²) in [7, 11) is 0. The summed E-state index contributed by atoms with van der Waals surface area (Å²) >= 11 is 5.44. The molecule has 0 N–H and O–H groups in total. The molecule has 1 atom stereocenters. The summed E-state index contributed by atoms with van der Waals surface area (Å²) in [5.41, 5.74) is 1.40. The summed E-state index contributed by atoms with van der Waals surface area (Å²) < 4.78 is 31.5. The van der Waals surface area contributed by atoms with Gasteiger partial charge in [-0.25, -0.2) is 14.1 Å². The van der Waals surface area contributed by atoms with Crippen molar-refractivity contribution in [2.75, 3.05) is 6.61 Å². The van der Waals surface area contributed by atoms with E-state index < -0.39 is 6.72 Å². The van der Waals surface area contributed by atoms with Gasteiger partial charge in [0.1, 0.15) is 29.9 Å². The Morgan fingerprint density at radius 2 is 1.93 bits per heavy atom. The van der Waals surface area contributed by atoms with Gasteiger partial charge in [0.15, 0.2) is 0 Å². The van der Waals surface area contributed by atoms with Crippen LogP contribution in [0.5, 0.6) is 5.75 Å². The third-order valence-electron chi connectivity index (χ3n) is 3.45. The fourth-order valence-corrected chi connectivity index (χ4v) is 3.92. The predicted octanol–water partition coefficient (Wildman–Crippen LogP) is 4.18. The van der Waals surface area contributed by atoms with Gasteiger partial charge in [-0.3, -0.25) is 4.52 Å². The number of oxime groups is 1. The molecule has 0 aliphatic carbocycles. The Morgan fingerprint density at radius 1 is 1.18 bits per heavy atom. The predicted molar refractivity (Wildman–Crippen MR) is 107 cm³/mol. The van der Waals surface area contributed by atoms with Crippen molar-refractivity contribution in [3.05, 3.63) is 78.6 Å². The lowest BCUT2D eigenvalue weighted by atomic mass is 10.1. The van der Waals surface area contributed by atoms with Gasteiger partial charge in [-0.15, -0.1) is 0 Å². The van der Waals surface area contributed by atoms with Crippen molar-refractivity contribution < 1.29 is 18.1 Å². The molecule has 1 heterocycles. The Kier molecular flexibility index (Phi) is 6.86. The average Bonchev–Trinajstić information content (AvgIpc) is 3.21. The second-order valence-corrected chi connectivity index (χ2v) is 8.33. The van der Waals surface area contributed by atoms with Crippen LogP contribution in [0.4, 0.5) is 4.39 Å². The van der Waals surface area contributed by atoms with Gasteiger partial charge in [0.25, 0.3) is 0 Å². The van der Waals surface area contributed by atoms with Crippen molar-refractivity contribution in [2.45, 2.75) is 13.5 Å². The molecule has 1 aromatic heterocycles. The van der Waals surface area contributed by atoms with E-state index >= 15 is 0 Å². The van der Waals surface area contributed by atoms with E-state index in [1.165, 1.54) is 30.6 Å². The molecule has 0 saturated heterocycles. The topological polar surface area (TPSA) is 70.8 Å². The standard InChI is InChI=1S/C18H18FN4O3PS/c1-2-24-27(28,25-17-10-8-16(19)9-11-17)26-22-18(12-23-14-20-13-21-23)15-6-4-3-5-7-15/h3-11,13-14H,2,12H2,1H3/b22-18+. The van der Waals surface area contributed by atoms with Gasteiger partial charge in [0, 0.05) is 17.4 Å². The molecule has 3 aromatic rings. The summed E-state index contributed by atoms with van der Waals surface area (Å²) in [6.45, 7) is -0.872. The van der Waals surface area contributed by atoms with Crippen LogP contribution >= 0.6 is 6.72 Å². The van der Waals surface area contributed by atoms with E-state index in [-0.39, 0.29) is 12.4 Å². The van der Waals surface area contributed by atoms with Crippen LogP contribution < -0.4 is 4.52 Å². The Labute approximate surface area is 167 Å². The van der Waals surface area contributed by atoms with E-state index in [1.54, 1.807) is 17.9 Å². The molecule has 2 aromatic carbocycles. The summed E-state index contributed by atoms with van der Waals surface area (Å²) in [6, 6.07) is 14.9. The zero-order valence-electron chi connectivity index (χ0n) is 15.0. The van der Waals surface area contributed by atoms with Crippen LogP contribution in [0, 0.1) is 5.82 Å². The molecule has 0 bridgehead atoms. The molecule has 0 aliphatic heterocycles. The largest absolute Gasteiger partial charge is 0.455 e. The quantitative estimate of drug-likeness (QED) is 0.294. The van der Waals surface area contributed by atoms with Crippen LogP contribution in [0.25, 0.3) is 0 Å². The van der Waals surface area contributed by atoms with Crippen LogP contribution in [0.15, 0.2) is 72.4 Å². The first-order valence-electron chi connectivity index (χ1n) is 8.41. The van der Waals surface area contributed by atoms with E-state index in [0.717, 1.165) is 5.56 Å². The van der Waals surface area contributed by atoms with Gasteiger partial charge in [-0.1, -0.05) is 35.5 Å². The number of hydrogen-bond acceptors (Lipinski definition) is 7. The highest BCUT2D eigenvalue weighted by Crippen LogP contribution is 2.50.